The highest BCUT2D eigenvalue weighted by atomic mass is 35.5. The van der Waals surface area contributed by atoms with Crippen LogP contribution in [0.25, 0.3) is 0 Å². The Kier molecular flexibility index (Phi) is 7.74. The van der Waals surface area contributed by atoms with Gasteiger partial charge in [0.15, 0.2) is 11.5 Å². The van der Waals surface area contributed by atoms with E-state index in [1.165, 1.54) is 14.2 Å². The summed E-state index contributed by atoms with van der Waals surface area (Å²) in [6, 6.07) is 3.34. The Morgan fingerprint density at radius 2 is 1.78 bits per heavy atom. The Hall–Kier alpha value is -1.99. The number of likely N-dealkylation sites (tertiary alicyclic amines) is 1. The highest BCUT2D eigenvalue weighted by Gasteiger charge is 2.27. The summed E-state index contributed by atoms with van der Waals surface area (Å²) in [5.41, 5.74) is 0.928. The van der Waals surface area contributed by atoms with E-state index in [4.69, 9.17) is 9.47 Å². The second kappa shape index (κ2) is 9.80. The van der Waals surface area contributed by atoms with E-state index in [9.17, 15) is 9.59 Å². The number of rotatable bonds is 5. The van der Waals surface area contributed by atoms with Gasteiger partial charge in [0.25, 0.3) is 5.91 Å². The van der Waals surface area contributed by atoms with Crippen LogP contribution >= 0.6 is 12.4 Å². The molecule has 2 heterocycles. The molecule has 3 rings (SSSR count). The minimum Gasteiger partial charge on any atom is -0.493 e. The fourth-order valence-corrected chi connectivity index (χ4v) is 3.56. The maximum Gasteiger partial charge on any atom is 0.256 e. The van der Waals surface area contributed by atoms with Crippen LogP contribution in [0.15, 0.2) is 12.1 Å². The van der Waals surface area contributed by atoms with Crippen LogP contribution in [0.3, 0.4) is 0 Å². The number of hydrogen-bond acceptors (Lipinski definition) is 5. The number of nitrogens with one attached hydrogen (secondary N) is 2. The highest BCUT2D eigenvalue weighted by molar-refractivity contribution is 6.05. The quantitative estimate of drug-likeness (QED) is 0.796. The number of piperidine rings is 1. The van der Waals surface area contributed by atoms with Crippen molar-refractivity contribution >= 4 is 29.9 Å². The summed E-state index contributed by atoms with van der Waals surface area (Å²) in [6.07, 6.45) is 3.84. The molecule has 7 nitrogen and oxygen atoms in total. The molecule has 0 aliphatic carbocycles. The zero-order chi connectivity index (χ0) is 18.5. The van der Waals surface area contributed by atoms with Crippen LogP contribution < -0.4 is 20.1 Å². The van der Waals surface area contributed by atoms with Gasteiger partial charge in [-0.2, -0.15) is 0 Å². The third-order valence-electron chi connectivity index (χ3n) is 5.07. The van der Waals surface area contributed by atoms with Crippen molar-refractivity contribution in [1.29, 1.82) is 0 Å². The molecular formula is C19H28ClN3O4. The number of carbonyl (C=O) groups excluding carboxylic acids is 2. The first kappa shape index (κ1) is 21.3. The van der Waals surface area contributed by atoms with Crippen LogP contribution in [0.2, 0.25) is 0 Å². The fourth-order valence-electron chi connectivity index (χ4n) is 3.56. The van der Waals surface area contributed by atoms with E-state index >= 15 is 0 Å². The maximum atomic E-state index is 13.0. The average molecular weight is 398 g/mol. The second-order valence-corrected chi connectivity index (χ2v) is 6.78. The summed E-state index contributed by atoms with van der Waals surface area (Å²) in [7, 11) is 3.07. The number of hydrogen-bond donors (Lipinski definition) is 2. The number of nitrogens with zero attached hydrogens (tertiary/aromatic N) is 1. The van der Waals surface area contributed by atoms with E-state index < -0.39 is 0 Å². The maximum absolute atomic E-state index is 13.0. The number of carbonyl (C=O) groups is 2. The Morgan fingerprint density at radius 3 is 2.37 bits per heavy atom. The van der Waals surface area contributed by atoms with Gasteiger partial charge in [-0.15, -0.1) is 12.4 Å². The lowest BCUT2D eigenvalue weighted by Gasteiger charge is -2.24. The second-order valence-electron chi connectivity index (χ2n) is 6.78. The Balaban J connectivity index is 0.00000261. The van der Waals surface area contributed by atoms with Gasteiger partial charge in [0, 0.05) is 25.7 Å². The zero-order valence-corrected chi connectivity index (χ0v) is 16.7. The molecule has 1 aromatic carbocycles. The monoisotopic (exact) mass is 397 g/mol. The van der Waals surface area contributed by atoms with Crippen molar-refractivity contribution in [2.45, 2.75) is 25.7 Å². The van der Waals surface area contributed by atoms with Crippen LogP contribution in [0.1, 0.15) is 36.0 Å². The van der Waals surface area contributed by atoms with Crippen molar-refractivity contribution in [3.05, 3.63) is 17.7 Å². The van der Waals surface area contributed by atoms with Gasteiger partial charge in [-0.25, -0.2) is 0 Å². The van der Waals surface area contributed by atoms with E-state index in [-0.39, 0.29) is 30.1 Å². The molecule has 0 aromatic heterocycles. The van der Waals surface area contributed by atoms with E-state index in [1.54, 1.807) is 12.1 Å². The van der Waals surface area contributed by atoms with Crippen LogP contribution in [0.4, 0.5) is 5.69 Å². The first-order valence-electron chi connectivity index (χ1n) is 9.21. The van der Waals surface area contributed by atoms with Gasteiger partial charge in [-0.05, 0) is 38.3 Å². The minimum atomic E-state index is -0.0911. The average Bonchev–Trinajstić information content (AvgIpc) is 3.22. The molecular weight excluding hydrogens is 370 g/mol. The molecule has 0 bridgehead atoms. The normalized spacial score (nSPS) is 19.2. The summed E-state index contributed by atoms with van der Waals surface area (Å²) in [5.74, 6) is 0.724. The molecule has 2 fully saturated rings. The molecule has 0 spiro atoms. The molecule has 1 unspecified atom stereocenters. The zero-order valence-electron chi connectivity index (χ0n) is 15.9. The largest absolute Gasteiger partial charge is 0.493 e. The van der Waals surface area contributed by atoms with E-state index in [1.807, 2.05) is 4.90 Å². The molecule has 1 aromatic rings. The van der Waals surface area contributed by atoms with Gasteiger partial charge in [-0.1, -0.05) is 0 Å². The smallest absolute Gasteiger partial charge is 0.256 e. The fraction of sp³-hybridized carbons (Fsp3) is 0.579. The van der Waals surface area contributed by atoms with Gasteiger partial charge in [0.05, 0.1) is 31.4 Å². The summed E-state index contributed by atoms with van der Waals surface area (Å²) < 4.78 is 10.7. The number of halogens is 1. The summed E-state index contributed by atoms with van der Waals surface area (Å²) in [5, 5.41) is 6.19. The number of anilines is 1. The van der Waals surface area contributed by atoms with Crippen molar-refractivity contribution in [2.75, 3.05) is 45.7 Å². The molecule has 2 saturated heterocycles. The number of methoxy groups -OCH3 is 2. The lowest BCUT2D eigenvalue weighted by Crippen LogP contribution is -2.37. The van der Waals surface area contributed by atoms with Crippen LogP contribution in [0, 0.1) is 5.92 Å². The van der Waals surface area contributed by atoms with Crippen molar-refractivity contribution in [1.82, 2.24) is 10.2 Å². The van der Waals surface area contributed by atoms with E-state index in [0.717, 1.165) is 45.3 Å². The first-order valence-corrected chi connectivity index (χ1v) is 9.21. The predicted molar refractivity (Wildman–Crippen MR) is 106 cm³/mol. The van der Waals surface area contributed by atoms with Crippen LogP contribution in [-0.4, -0.2) is 57.1 Å². The highest BCUT2D eigenvalue weighted by Crippen LogP contribution is 2.35. The molecule has 2 amide bonds. The minimum absolute atomic E-state index is 0. The number of amides is 2. The van der Waals surface area contributed by atoms with Crippen LogP contribution in [0.5, 0.6) is 11.5 Å². The lowest BCUT2D eigenvalue weighted by molar-refractivity contribution is -0.120. The van der Waals surface area contributed by atoms with Gasteiger partial charge >= 0.3 is 0 Å². The molecule has 8 heteroatoms. The summed E-state index contributed by atoms with van der Waals surface area (Å²) in [4.78, 5) is 27.4. The molecule has 2 aliphatic rings. The summed E-state index contributed by atoms with van der Waals surface area (Å²) in [6.45, 7) is 3.09. The Bertz CT molecular complexity index is 671. The predicted octanol–water partition coefficient (Wildman–Crippen LogP) is 2.30. The molecule has 2 aliphatic heterocycles. The molecule has 1 atom stereocenters. The van der Waals surface area contributed by atoms with Crippen molar-refractivity contribution in [3.63, 3.8) is 0 Å². The summed E-state index contributed by atoms with van der Waals surface area (Å²) >= 11 is 0. The van der Waals surface area contributed by atoms with Crippen molar-refractivity contribution < 1.29 is 19.1 Å². The molecule has 0 saturated carbocycles. The first-order chi connectivity index (χ1) is 12.6. The molecule has 150 valence electrons. The van der Waals surface area contributed by atoms with Gasteiger partial charge in [0.1, 0.15) is 0 Å². The van der Waals surface area contributed by atoms with Gasteiger partial charge in [-0.3, -0.25) is 9.59 Å². The Labute approximate surface area is 166 Å². The van der Waals surface area contributed by atoms with E-state index in [0.29, 0.717) is 29.3 Å². The molecule has 0 radical (unpaired) electrons. The van der Waals surface area contributed by atoms with E-state index in [2.05, 4.69) is 10.6 Å². The lowest BCUT2D eigenvalue weighted by atomic mass is 9.98. The van der Waals surface area contributed by atoms with Gasteiger partial charge in [0.2, 0.25) is 5.91 Å². The Morgan fingerprint density at radius 1 is 1.11 bits per heavy atom. The molecule has 27 heavy (non-hydrogen) atoms. The third-order valence-corrected chi connectivity index (χ3v) is 5.07. The standard InChI is InChI=1S/C19H27N3O4.ClH/c1-25-16-10-14(19(24)22-8-3-4-9-22)15(11-17(16)26-2)21-18(23)13-6-5-7-20-12-13;/h10-11,13,20H,3-9,12H2,1-2H3,(H,21,23);1H. The topological polar surface area (TPSA) is 79.9 Å². The molecule has 2 N–H and O–H groups in total. The van der Waals surface area contributed by atoms with Crippen LogP contribution in [-0.2, 0) is 4.79 Å². The van der Waals surface area contributed by atoms with Crippen molar-refractivity contribution in [3.8, 4) is 11.5 Å². The van der Waals surface area contributed by atoms with Crippen molar-refractivity contribution in [2.24, 2.45) is 5.92 Å². The number of ether oxygens (including phenoxy) is 2. The third kappa shape index (κ3) is 4.84. The SMILES string of the molecule is COc1cc(NC(=O)C2CCCNC2)c(C(=O)N2CCCC2)cc1OC.Cl. The number of benzene rings is 1. The van der Waals surface area contributed by atoms with Gasteiger partial charge < -0.3 is 25.0 Å².